The van der Waals surface area contributed by atoms with E-state index >= 15 is 0 Å². The van der Waals surface area contributed by atoms with Crippen LogP contribution in [0.3, 0.4) is 0 Å². The Morgan fingerprint density at radius 3 is 2.63 bits per heavy atom. The van der Waals surface area contributed by atoms with E-state index in [9.17, 15) is 13.2 Å². The zero-order valence-corrected chi connectivity index (χ0v) is 12.9. The molecule has 1 rings (SSSR count). The van der Waals surface area contributed by atoms with Gasteiger partial charge in [-0.3, -0.25) is 4.79 Å². The van der Waals surface area contributed by atoms with Gasteiger partial charge >= 0.3 is 0 Å². The fourth-order valence-electron chi connectivity index (χ4n) is 2.15. The number of nitrogens with zero attached hydrogens (tertiary/aromatic N) is 2. The van der Waals surface area contributed by atoms with Crippen molar-refractivity contribution in [1.82, 2.24) is 13.9 Å². The standard InChI is InChI=1S/C12H25N3O3S/c1-4-5-10-14(2)19(17,18)15(3)11-8-6-7-9-13-12(11)16/h11H,4-10H2,1-3H3,(H,13,16)/t11-/m0/s1. The average Bonchev–Trinajstić information content (AvgIpc) is 2.59. The number of unbranched alkanes of at least 4 members (excludes halogenated alkanes) is 1. The molecule has 19 heavy (non-hydrogen) atoms. The van der Waals surface area contributed by atoms with Crippen LogP contribution in [-0.4, -0.2) is 56.2 Å². The van der Waals surface area contributed by atoms with Gasteiger partial charge in [0.05, 0.1) is 0 Å². The van der Waals surface area contributed by atoms with Crippen molar-refractivity contribution < 1.29 is 13.2 Å². The molecule has 112 valence electrons. The lowest BCUT2D eigenvalue weighted by Crippen LogP contribution is -2.50. The third-order valence-corrected chi connectivity index (χ3v) is 5.48. The summed E-state index contributed by atoms with van der Waals surface area (Å²) >= 11 is 0. The average molecular weight is 291 g/mol. The molecule has 0 aromatic carbocycles. The minimum atomic E-state index is -3.55. The van der Waals surface area contributed by atoms with Gasteiger partial charge < -0.3 is 5.32 Å². The van der Waals surface area contributed by atoms with Crippen LogP contribution >= 0.6 is 0 Å². The maximum atomic E-state index is 12.4. The Morgan fingerprint density at radius 1 is 1.32 bits per heavy atom. The van der Waals surface area contributed by atoms with Crippen molar-refractivity contribution in [1.29, 1.82) is 0 Å². The predicted molar refractivity (Wildman–Crippen MR) is 74.9 cm³/mol. The maximum Gasteiger partial charge on any atom is 0.282 e. The summed E-state index contributed by atoms with van der Waals surface area (Å²) in [4.78, 5) is 11.9. The third kappa shape index (κ3) is 4.15. The van der Waals surface area contributed by atoms with E-state index in [0.717, 1.165) is 25.7 Å². The minimum Gasteiger partial charge on any atom is -0.355 e. The Labute approximate surface area is 116 Å². The SMILES string of the molecule is CCCCN(C)S(=O)(=O)N(C)[C@H]1CCCCNC1=O. The molecule has 0 radical (unpaired) electrons. The molecule has 0 aliphatic carbocycles. The highest BCUT2D eigenvalue weighted by atomic mass is 32.2. The Hall–Kier alpha value is -0.660. The fourth-order valence-corrected chi connectivity index (χ4v) is 3.47. The van der Waals surface area contributed by atoms with E-state index in [-0.39, 0.29) is 5.91 Å². The van der Waals surface area contributed by atoms with Crippen molar-refractivity contribution in [3.63, 3.8) is 0 Å². The van der Waals surface area contributed by atoms with E-state index in [0.29, 0.717) is 19.5 Å². The number of likely N-dealkylation sites (N-methyl/N-ethyl adjacent to an activating group) is 1. The fraction of sp³-hybridized carbons (Fsp3) is 0.917. The van der Waals surface area contributed by atoms with Gasteiger partial charge in [-0.1, -0.05) is 13.3 Å². The second-order valence-corrected chi connectivity index (χ2v) is 7.10. The Morgan fingerprint density at radius 2 is 2.00 bits per heavy atom. The Balaban J connectivity index is 2.78. The first-order valence-corrected chi connectivity index (χ1v) is 8.28. The number of amides is 1. The molecule has 0 unspecified atom stereocenters. The second-order valence-electron chi connectivity index (χ2n) is 5.00. The number of nitrogens with one attached hydrogen (secondary N) is 1. The molecule has 1 fully saturated rings. The molecule has 0 spiro atoms. The molecule has 1 aliphatic rings. The van der Waals surface area contributed by atoms with E-state index in [1.54, 1.807) is 7.05 Å². The van der Waals surface area contributed by atoms with E-state index in [4.69, 9.17) is 0 Å². The molecule has 0 aromatic rings. The third-order valence-electron chi connectivity index (χ3n) is 3.53. The highest BCUT2D eigenvalue weighted by molar-refractivity contribution is 7.86. The van der Waals surface area contributed by atoms with Gasteiger partial charge in [0.2, 0.25) is 5.91 Å². The first-order chi connectivity index (χ1) is 8.91. The monoisotopic (exact) mass is 291 g/mol. The molecule has 6 nitrogen and oxygen atoms in total. The number of rotatable bonds is 6. The first kappa shape index (κ1) is 16.4. The number of hydrogen-bond acceptors (Lipinski definition) is 3. The van der Waals surface area contributed by atoms with E-state index < -0.39 is 16.3 Å². The zero-order valence-electron chi connectivity index (χ0n) is 12.1. The van der Waals surface area contributed by atoms with Crippen molar-refractivity contribution in [2.24, 2.45) is 0 Å². The van der Waals surface area contributed by atoms with Gasteiger partial charge in [-0.15, -0.1) is 0 Å². The van der Waals surface area contributed by atoms with Gasteiger partial charge in [0.15, 0.2) is 0 Å². The predicted octanol–water partition coefficient (Wildman–Crippen LogP) is 0.564. The van der Waals surface area contributed by atoms with Crippen LogP contribution in [0.1, 0.15) is 39.0 Å². The number of carbonyl (C=O) groups excluding carboxylic acids is 1. The molecule has 1 atom stereocenters. The molecule has 0 aromatic heterocycles. The van der Waals surface area contributed by atoms with Crippen molar-refractivity contribution in [2.45, 2.75) is 45.1 Å². The lowest BCUT2D eigenvalue weighted by atomic mass is 10.1. The van der Waals surface area contributed by atoms with E-state index in [1.807, 2.05) is 6.92 Å². The van der Waals surface area contributed by atoms with Crippen LogP contribution < -0.4 is 5.32 Å². The van der Waals surface area contributed by atoms with Gasteiger partial charge in [-0.2, -0.15) is 17.0 Å². The highest BCUT2D eigenvalue weighted by Gasteiger charge is 2.34. The summed E-state index contributed by atoms with van der Waals surface area (Å²) in [6, 6.07) is -0.587. The maximum absolute atomic E-state index is 12.4. The van der Waals surface area contributed by atoms with Crippen LogP contribution in [0, 0.1) is 0 Å². The molecule has 1 saturated heterocycles. The van der Waals surface area contributed by atoms with Crippen molar-refractivity contribution >= 4 is 16.1 Å². The smallest absolute Gasteiger partial charge is 0.282 e. The topological polar surface area (TPSA) is 69.7 Å². The quantitative estimate of drug-likeness (QED) is 0.777. The van der Waals surface area contributed by atoms with Crippen LogP contribution in [0.25, 0.3) is 0 Å². The highest BCUT2D eigenvalue weighted by Crippen LogP contribution is 2.16. The van der Waals surface area contributed by atoms with Gasteiger partial charge in [0, 0.05) is 27.2 Å². The number of hydrogen-bond donors (Lipinski definition) is 1. The van der Waals surface area contributed by atoms with E-state index in [2.05, 4.69) is 5.32 Å². The van der Waals surface area contributed by atoms with Gasteiger partial charge in [0.25, 0.3) is 10.2 Å². The Kier molecular flexibility index (Phi) is 6.22. The van der Waals surface area contributed by atoms with Gasteiger partial charge in [-0.05, 0) is 25.7 Å². The minimum absolute atomic E-state index is 0.188. The summed E-state index contributed by atoms with van der Waals surface area (Å²) in [7, 11) is -0.495. The molecule has 1 aliphatic heterocycles. The van der Waals surface area contributed by atoms with Crippen LogP contribution in [0.5, 0.6) is 0 Å². The molecular weight excluding hydrogens is 266 g/mol. The summed E-state index contributed by atoms with van der Waals surface area (Å²) in [6.45, 7) is 3.13. The van der Waals surface area contributed by atoms with Gasteiger partial charge in [0.1, 0.15) is 6.04 Å². The molecule has 0 bridgehead atoms. The summed E-state index contributed by atoms with van der Waals surface area (Å²) in [6.07, 6.45) is 4.11. The van der Waals surface area contributed by atoms with Crippen LogP contribution in [-0.2, 0) is 15.0 Å². The Bertz CT molecular complexity index is 397. The molecular formula is C12H25N3O3S. The first-order valence-electron chi connectivity index (χ1n) is 6.88. The van der Waals surface area contributed by atoms with Crippen molar-refractivity contribution in [3.8, 4) is 0 Å². The summed E-state index contributed by atoms with van der Waals surface area (Å²) < 4.78 is 27.3. The largest absolute Gasteiger partial charge is 0.355 e. The number of carbonyl (C=O) groups is 1. The summed E-state index contributed by atoms with van der Waals surface area (Å²) in [5.41, 5.74) is 0. The molecule has 0 saturated carbocycles. The normalized spacial score (nSPS) is 21.5. The zero-order chi connectivity index (χ0) is 14.5. The van der Waals surface area contributed by atoms with Crippen molar-refractivity contribution in [2.75, 3.05) is 27.2 Å². The molecule has 7 heteroatoms. The molecule has 1 heterocycles. The van der Waals surface area contributed by atoms with Crippen LogP contribution in [0.4, 0.5) is 0 Å². The molecule has 1 amide bonds. The summed E-state index contributed by atoms with van der Waals surface area (Å²) in [5.74, 6) is -0.188. The van der Waals surface area contributed by atoms with E-state index in [1.165, 1.54) is 15.7 Å². The van der Waals surface area contributed by atoms with Crippen LogP contribution in [0.15, 0.2) is 0 Å². The lowest BCUT2D eigenvalue weighted by Gasteiger charge is -2.29. The lowest BCUT2D eigenvalue weighted by molar-refractivity contribution is -0.124. The van der Waals surface area contributed by atoms with Crippen molar-refractivity contribution in [3.05, 3.63) is 0 Å². The van der Waals surface area contributed by atoms with Gasteiger partial charge in [-0.25, -0.2) is 0 Å². The summed E-state index contributed by atoms with van der Waals surface area (Å²) in [5, 5.41) is 2.77. The van der Waals surface area contributed by atoms with Crippen LogP contribution in [0.2, 0.25) is 0 Å². The second kappa shape index (κ2) is 7.21. The molecule has 1 N–H and O–H groups in total.